The number of aromatic nitrogens is 2. The summed E-state index contributed by atoms with van der Waals surface area (Å²) in [7, 11) is 0. The van der Waals surface area contributed by atoms with E-state index in [2.05, 4.69) is 15.3 Å². The van der Waals surface area contributed by atoms with E-state index in [4.69, 9.17) is 0 Å². The predicted molar refractivity (Wildman–Crippen MR) is 94.7 cm³/mol. The minimum absolute atomic E-state index is 0.304. The number of rotatable bonds is 3. The van der Waals surface area contributed by atoms with Crippen LogP contribution in [0.5, 0.6) is 0 Å². The smallest absolute Gasteiger partial charge is 0.162 e. The lowest BCUT2D eigenvalue weighted by Gasteiger charge is -2.11. The van der Waals surface area contributed by atoms with Gasteiger partial charge in [-0.05, 0) is 36.4 Å². The molecule has 4 rings (SSSR count). The Bertz CT molecular complexity index is 1000. The van der Waals surface area contributed by atoms with Crippen LogP contribution >= 0.6 is 0 Å². The maximum absolute atomic E-state index is 13.5. The zero-order valence-corrected chi connectivity index (χ0v) is 12.8. The maximum atomic E-state index is 13.5. The molecule has 116 valence electrons. The number of anilines is 2. The summed E-state index contributed by atoms with van der Waals surface area (Å²) in [5.74, 6) is 0.888. The molecule has 0 bridgehead atoms. The lowest BCUT2D eigenvalue weighted by atomic mass is 10.1. The highest BCUT2D eigenvalue weighted by Crippen LogP contribution is 2.27. The van der Waals surface area contributed by atoms with Crippen LogP contribution in [-0.4, -0.2) is 9.97 Å². The first-order valence-electron chi connectivity index (χ1n) is 7.64. The first-order valence-corrected chi connectivity index (χ1v) is 7.64. The summed E-state index contributed by atoms with van der Waals surface area (Å²) in [5, 5.41) is 4.24. The number of halogens is 1. The summed E-state index contributed by atoms with van der Waals surface area (Å²) in [6.07, 6.45) is 0. The van der Waals surface area contributed by atoms with E-state index < -0.39 is 0 Å². The van der Waals surface area contributed by atoms with Crippen molar-refractivity contribution in [2.24, 2.45) is 0 Å². The van der Waals surface area contributed by atoms with Gasteiger partial charge >= 0.3 is 0 Å². The molecule has 1 N–H and O–H groups in total. The van der Waals surface area contributed by atoms with Crippen LogP contribution in [0.15, 0.2) is 78.9 Å². The molecule has 0 unspecified atom stereocenters. The number of benzene rings is 3. The molecule has 0 fully saturated rings. The van der Waals surface area contributed by atoms with Crippen molar-refractivity contribution in [3.05, 3.63) is 84.7 Å². The molecule has 24 heavy (non-hydrogen) atoms. The van der Waals surface area contributed by atoms with Gasteiger partial charge in [0, 0.05) is 16.6 Å². The third-order valence-electron chi connectivity index (χ3n) is 3.72. The summed E-state index contributed by atoms with van der Waals surface area (Å²) < 4.78 is 13.5. The van der Waals surface area contributed by atoms with E-state index in [0.717, 1.165) is 16.6 Å². The van der Waals surface area contributed by atoms with Crippen molar-refractivity contribution in [2.45, 2.75) is 0 Å². The second kappa shape index (κ2) is 6.08. The predicted octanol–water partition coefficient (Wildman–Crippen LogP) is 5.18. The van der Waals surface area contributed by atoms with Gasteiger partial charge in [-0.15, -0.1) is 0 Å². The Morgan fingerprint density at radius 3 is 2.38 bits per heavy atom. The number of hydrogen-bond donors (Lipinski definition) is 1. The van der Waals surface area contributed by atoms with E-state index in [9.17, 15) is 4.39 Å². The molecule has 1 heterocycles. The molecule has 0 amide bonds. The van der Waals surface area contributed by atoms with Crippen molar-refractivity contribution >= 4 is 22.4 Å². The van der Waals surface area contributed by atoms with Gasteiger partial charge in [0.05, 0.1) is 5.52 Å². The lowest BCUT2D eigenvalue weighted by molar-refractivity contribution is 0.628. The second-order valence-electron chi connectivity index (χ2n) is 5.41. The van der Waals surface area contributed by atoms with Crippen molar-refractivity contribution in [2.75, 3.05) is 5.32 Å². The maximum Gasteiger partial charge on any atom is 0.162 e. The van der Waals surface area contributed by atoms with Gasteiger partial charge in [0.2, 0.25) is 0 Å². The molecule has 4 heteroatoms. The standard InChI is InChI=1S/C20H14FN3/c21-15-8-6-7-14(13-15)19-23-18-12-5-4-11-17(18)20(24-19)22-16-9-2-1-3-10-16/h1-13H,(H,22,23,24). The van der Waals surface area contributed by atoms with Crippen LogP contribution in [0.25, 0.3) is 22.3 Å². The fourth-order valence-electron chi connectivity index (χ4n) is 2.59. The van der Waals surface area contributed by atoms with Crippen molar-refractivity contribution in [3.63, 3.8) is 0 Å². The van der Waals surface area contributed by atoms with Crippen molar-refractivity contribution in [1.82, 2.24) is 9.97 Å². The largest absolute Gasteiger partial charge is 0.340 e. The fourth-order valence-corrected chi connectivity index (χ4v) is 2.59. The van der Waals surface area contributed by atoms with E-state index in [1.165, 1.54) is 12.1 Å². The molecule has 0 atom stereocenters. The third kappa shape index (κ3) is 2.82. The Morgan fingerprint density at radius 1 is 0.750 bits per heavy atom. The second-order valence-corrected chi connectivity index (χ2v) is 5.41. The van der Waals surface area contributed by atoms with Gasteiger partial charge in [0.25, 0.3) is 0 Å². The molecule has 0 spiro atoms. The normalized spacial score (nSPS) is 10.7. The Hall–Kier alpha value is -3.27. The Labute approximate surface area is 138 Å². The number of nitrogens with one attached hydrogen (secondary N) is 1. The lowest BCUT2D eigenvalue weighted by Crippen LogP contribution is -1.99. The van der Waals surface area contributed by atoms with E-state index in [1.807, 2.05) is 54.6 Å². The molecule has 0 saturated heterocycles. The molecule has 1 aromatic heterocycles. The van der Waals surface area contributed by atoms with Crippen molar-refractivity contribution < 1.29 is 4.39 Å². The van der Waals surface area contributed by atoms with E-state index in [1.54, 1.807) is 12.1 Å². The highest BCUT2D eigenvalue weighted by atomic mass is 19.1. The minimum Gasteiger partial charge on any atom is -0.340 e. The van der Waals surface area contributed by atoms with Crippen LogP contribution in [0.1, 0.15) is 0 Å². The van der Waals surface area contributed by atoms with Gasteiger partial charge in [-0.3, -0.25) is 0 Å². The van der Waals surface area contributed by atoms with Gasteiger partial charge < -0.3 is 5.32 Å². The molecule has 0 saturated carbocycles. The zero-order valence-electron chi connectivity index (χ0n) is 12.8. The fraction of sp³-hybridized carbons (Fsp3) is 0. The number of para-hydroxylation sites is 2. The molecule has 3 aromatic carbocycles. The summed E-state index contributed by atoms with van der Waals surface area (Å²) >= 11 is 0. The monoisotopic (exact) mass is 315 g/mol. The average molecular weight is 315 g/mol. The van der Waals surface area contributed by atoms with Crippen LogP contribution in [0.3, 0.4) is 0 Å². The van der Waals surface area contributed by atoms with Crippen LogP contribution in [0, 0.1) is 5.82 Å². The Balaban J connectivity index is 1.88. The van der Waals surface area contributed by atoms with Crippen LogP contribution in [0.4, 0.5) is 15.9 Å². The SMILES string of the molecule is Fc1cccc(-c2nc(Nc3ccccc3)c3ccccc3n2)c1. The Kier molecular flexibility index (Phi) is 3.63. The molecular formula is C20H14FN3. The molecule has 3 nitrogen and oxygen atoms in total. The molecule has 0 aliphatic rings. The average Bonchev–Trinajstić information content (AvgIpc) is 2.62. The van der Waals surface area contributed by atoms with Gasteiger partial charge in [0.1, 0.15) is 11.6 Å². The van der Waals surface area contributed by atoms with E-state index in [-0.39, 0.29) is 5.82 Å². The van der Waals surface area contributed by atoms with Crippen molar-refractivity contribution in [1.29, 1.82) is 0 Å². The number of fused-ring (bicyclic) bond motifs is 1. The first-order chi connectivity index (χ1) is 11.8. The molecule has 0 radical (unpaired) electrons. The molecule has 0 aliphatic carbocycles. The molecule has 0 aliphatic heterocycles. The summed E-state index contributed by atoms with van der Waals surface area (Å²) in [6, 6.07) is 23.9. The first kappa shape index (κ1) is 14.3. The minimum atomic E-state index is -0.304. The quantitative estimate of drug-likeness (QED) is 0.566. The van der Waals surface area contributed by atoms with Crippen molar-refractivity contribution in [3.8, 4) is 11.4 Å². The van der Waals surface area contributed by atoms with E-state index >= 15 is 0 Å². The van der Waals surface area contributed by atoms with Crippen LogP contribution < -0.4 is 5.32 Å². The number of hydrogen-bond acceptors (Lipinski definition) is 3. The highest BCUT2D eigenvalue weighted by molar-refractivity contribution is 5.92. The van der Waals surface area contributed by atoms with Gasteiger partial charge in [0.15, 0.2) is 5.82 Å². The zero-order chi connectivity index (χ0) is 16.4. The van der Waals surface area contributed by atoms with Gasteiger partial charge in [-0.1, -0.05) is 42.5 Å². The summed E-state index contributed by atoms with van der Waals surface area (Å²) in [5.41, 5.74) is 2.40. The molecule has 4 aromatic rings. The van der Waals surface area contributed by atoms with Crippen LogP contribution in [0.2, 0.25) is 0 Å². The highest BCUT2D eigenvalue weighted by Gasteiger charge is 2.10. The Morgan fingerprint density at radius 2 is 1.54 bits per heavy atom. The van der Waals surface area contributed by atoms with Crippen LogP contribution in [-0.2, 0) is 0 Å². The van der Waals surface area contributed by atoms with E-state index in [0.29, 0.717) is 17.2 Å². The van der Waals surface area contributed by atoms with Gasteiger partial charge in [-0.2, -0.15) is 0 Å². The summed E-state index contributed by atoms with van der Waals surface area (Å²) in [6.45, 7) is 0. The third-order valence-corrected chi connectivity index (χ3v) is 3.72. The molecular weight excluding hydrogens is 301 g/mol. The number of nitrogens with zero attached hydrogens (tertiary/aromatic N) is 2. The van der Waals surface area contributed by atoms with Gasteiger partial charge in [-0.25, -0.2) is 14.4 Å². The topological polar surface area (TPSA) is 37.8 Å². The summed E-state index contributed by atoms with van der Waals surface area (Å²) in [4.78, 5) is 9.19.